The van der Waals surface area contributed by atoms with E-state index >= 15 is 0 Å². The molecule has 0 saturated carbocycles. The van der Waals surface area contributed by atoms with Crippen LogP contribution in [0.5, 0.6) is 0 Å². The van der Waals surface area contributed by atoms with E-state index in [0.717, 1.165) is 0 Å². The number of hydrogen-bond acceptors (Lipinski definition) is 4. The zero-order valence-corrected chi connectivity index (χ0v) is 12.9. The van der Waals surface area contributed by atoms with Crippen LogP contribution >= 0.6 is 0 Å². The number of ketones is 2. The molecule has 0 aliphatic rings. The zero-order valence-electron chi connectivity index (χ0n) is 12.9. The maximum atomic E-state index is 12.6. The molecule has 3 rings (SSSR count). The first-order valence-corrected chi connectivity index (χ1v) is 7.46. The minimum absolute atomic E-state index is 0.224. The molecule has 0 aliphatic heterocycles. The van der Waals surface area contributed by atoms with Gasteiger partial charge in [-0.3, -0.25) is 9.59 Å². The molecular formula is C20H16N2O2. The average molecular weight is 316 g/mol. The van der Waals surface area contributed by atoms with Crippen LogP contribution in [-0.2, 0) is 0 Å². The molecule has 0 bridgehead atoms. The second-order valence-corrected chi connectivity index (χ2v) is 5.42. The molecule has 4 heteroatoms. The monoisotopic (exact) mass is 316 g/mol. The summed E-state index contributed by atoms with van der Waals surface area (Å²) in [6.07, 6.45) is 0. The average Bonchev–Trinajstić information content (AvgIpc) is 2.63. The molecule has 0 aliphatic carbocycles. The fourth-order valence-corrected chi connectivity index (χ4v) is 2.52. The van der Waals surface area contributed by atoms with Crippen molar-refractivity contribution in [1.29, 1.82) is 0 Å². The molecule has 0 saturated heterocycles. The summed E-state index contributed by atoms with van der Waals surface area (Å²) in [6, 6.07) is 20.6. The number of nitrogen functional groups attached to an aromatic ring is 2. The van der Waals surface area contributed by atoms with Crippen LogP contribution in [-0.4, -0.2) is 11.6 Å². The Morgan fingerprint density at radius 2 is 0.917 bits per heavy atom. The molecule has 3 aromatic carbocycles. The summed E-state index contributed by atoms with van der Waals surface area (Å²) in [4.78, 5) is 25.1. The molecule has 24 heavy (non-hydrogen) atoms. The molecule has 0 atom stereocenters. The fourth-order valence-electron chi connectivity index (χ4n) is 2.52. The molecule has 0 heterocycles. The largest absolute Gasteiger partial charge is 0.398 e. The van der Waals surface area contributed by atoms with Crippen molar-refractivity contribution in [3.05, 3.63) is 95.1 Å². The standard InChI is InChI=1S/C20H16N2O2/c21-17-12-16(20(24)14-9-5-2-6-10-14)18(22)11-15(17)19(23)13-7-3-1-4-8-13/h1-12H,21-22H2. The van der Waals surface area contributed by atoms with Crippen molar-refractivity contribution < 1.29 is 9.59 Å². The van der Waals surface area contributed by atoms with E-state index in [-0.39, 0.29) is 22.9 Å². The Hall–Kier alpha value is -3.40. The van der Waals surface area contributed by atoms with E-state index < -0.39 is 0 Å². The molecule has 0 unspecified atom stereocenters. The molecule has 118 valence electrons. The molecule has 0 aromatic heterocycles. The maximum absolute atomic E-state index is 12.6. The lowest BCUT2D eigenvalue weighted by Gasteiger charge is -2.11. The van der Waals surface area contributed by atoms with E-state index in [1.54, 1.807) is 48.5 Å². The Morgan fingerprint density at radius 3 is 1.25 bits per heavy atom. The van der Waals surface area contributed by atoms with Crippen LogP contribution in [0.25, 0.3) is 0 Å². The highest BCUT2D eigenvalue weighted by Gasteiger charge is 2.18. The van der Waals surface area contributed by atoms with Gasteiger partial charge in [-0.25, -0.2) is 0 Å². The van der Waals surface area contributed by atoms with Crippen molar-refractivity contribution in [2.45, 2.75) is 0 Å². The van der Waals surface area contributed by atoms with Gasteiger partial charge < -0.3 is 11.5 Å². The third-order valence-electron chi connectivity index (χ3n) is 3.78. The Labute approximate surface area is 139 Å². The number of benzene rings is 3. The summed E-state index contributed by atoms with van der Waals surface area (Å²) in [7, 11) is 0. The lowest BCUT2D eigenvalue weighted by Crippen LogP contribution is -2.11. The van der Waals surface area contributed by atoms with Gasteiger partial charge in [0.15, 0.2) is 11.6 Å². The van der Waals surface area contributed by atoms with Crippen LogP contribution in [0.3, 0.4) is 0 Å². The quantitative estimate of drug-likeness (QED) is 0.571. The van der Waals surface area contributed by atoms with Gasteiger partial charge in [0.25, 0.3) is 0 Å². The molecule has 0 fully saturated rings. The smallest absolute Gasteiger partial charge is 0.195 e. The Balaban J connectivity index is 2.01. The predicted octanol–water partition coefficient (Wildman–Crippen LogP) is 3.31. The summed E-state index contributed by atoms with van der Waals surface area (Å²) >= 11 is 0. The number of carbonyl (C=O) groups is 2. The lowest BCUT2D eigenvalue weighted by atomic mass is 9.95. The first-order valence-electron chi connectivity index (χ1n) is 7.46. The molecule has 4 N–H and O–H groups in total. The number of anilines is 2. The van der Waals surface area contributed by atoms with Crippen LogP contribution in [0, 0.1) is 0 Å². The van der Waals surface area contributed by atoms with Crippen LogP contribution in [0.2, 0.25) is 0 Å². The number of rotatable bonds is 4. The van der Waals surface area contributed by atoms with Gasteiger partial charge in [0.1, 0.15) is 0 Å². The van der Waals surface area contributed by atoms with E-state index in [2.05, 4.69) is 0 Å². The third-order valence-corrected chi connectivity index (χ3v) is 3.78. The van der Waals surface area contributed by atoms with Gasteiger partial charge in [-0.2, -0.15) is 0 Å². The Morgan fingerprint density at radius 1 is 0.583 bits per heavy atom. The number of carbonyl (C=O) groups excluding carboxylic acids is 2. The number of hydrogen-bond donors (Lipinski definition) is 2. The fraction of sp³-hybridized carbons (Fsp3) is 0. The van der Waals surface area contributed by atoms with Crippen molar-refractivity contribution in [1.82, 2.24) is 0 Å². The minimum atomic E-state index is -0.224. The van der Waals surface area contributed by atoms with Crippen LogP contribution in [0.1, 0.15) is 31.8 Å². The van der Waals surface area contributed by atoms with Crippen LogP contribution in [0.4, 0.5) is 11.4 Å². The van der Waals surface area contributed by atoms with Gasteiger partial charge in [0.2, 0.25) is 0 Å². The first-order chi connectivity index (χ1) is 11.6. The lowest BCUT2D eigenvalue weighted by molar-refractivity contribution is 0.102. The topological polar surface area (TPSA) is 86.2 Å². The number of nitrogens with two attached hydrogens (primary N) is 2. The van der Waals surface area contributed by atoms with E-state index in [0.29, 0.717) is 22.3 Å². The van der Waals surface area contributed by atoms with E-state index in [4.69, 9.17) is 11.5 Å². The van der Waals surface area contributed by atoms with E-state index in [9.17, 15) is 9.59 Å². The summed E-state index contributed by atoms with van der Waals surface area (Å²) < 4.78 is 0. The minimum Gasteiger partial charge on any atom is -0.398 e. The molecule has 4 nitrogen and oxygen atoms in total. The second kappa shape index (κ2) is 6.38. The molecule has 0 radical (unpaired) electrons. The van der Waals surface area contributed by atoms with Crippen molar-refractivity contribution in [2.75, 3.05) is 11.5 Å². The van der Waals surface area contributed by atoms with Crippen LogP contribution < -0.4 is 11.5 Å². The van der Waals surface area contributed by atoms with Gasteiger partial charge in [0, 0.05) is 33.6 Å². The molecule has 0 amide bonds. The van der Waals surface area contributed by atoms with Crippen molar-refractivity contribution in [2.24, 2.45) is 0 Å². The SMILES string of the molecule is Nc1cc(C(=O)c2ccccc2)c(N)cc1C(=O)c1ccccc1. The Bertz CT molecular complexity index is 826. The molecule has 0 spiro atoms. The molecule has 3 aromatic rings. The molecular weight excluding hydrogens is 300 g/mol. The van der Waals surface area contributed by atoms with E-state index in [1.807, 2.05) is 12.1 Å². The summed E-state index contributed by atoms with van der Waals surface area (Å²) in [5, 5.41) is 0. The van der Waals surface area contributed by atoms with Gasteiger partial charge in [0.05, 0.1) is 0 Å². The maximum Gasteiger partial charge on any atom is 0.195 e. The predicted molar refractivity (Wildman–Crippen MR) is 95.0 cm³/mol. The third kappa shape index (κ3) is 2.90. The van der Waals surface area contributed by atoms with Crippen molar-refractivity contribution in [3.8, 4) is 0 Å². The highest BCUT2D eigenvalue weighted by molar-refractivity contribution is 6.16. The van der Waals surface area contributed by atoms with Crippen LogP contribution in [0.15, 0.2) is 72.8 Å². The van der Waals surface area contributed by atoms with Gasteiger partial charge >= 0.3 is 0 Å². The Kier molecular flexibility index (Phi) is 4.12. The van der Waals surface area contributed by atoms with Gasteiger partial charge in [-0.05, 0) is 12.1 Å². The summed E-state index contributed by atoms with van der Waals surface area (Å²) in [5.74, 6) is -0.447. The zero-order chi connectivity index (χ0) is 17.1. The highest BCUT2D eigenvalue weighted by Crippen LogP contribution is 2.25. The summed E-state index contributed by atoms with van der Waals surface area (Å²) in [6.45, 7) is 0. The van der Waals surface area contributed by atoms with Gasteiger partial charge in [-0.15, -0.1) is 0 Å². The second-order valence-electron chi connectivity index (χ2n) is 5.42. The van der Waals surface area contributed by atoms with E-state index in [1.165, 1.54) is 12.1 Å². The normalized spacial score (nSPS) is 10.3. The first kappa shape index (κ1) is 15.5. The summed E-state index contributed by atoms with van der Waals surface area (Å²) in [5.41, 5.74) is 14.1. The highest BCUT2D eigenvalue weighted by atomic mass is 16.1. The van der Waals surface area contributed by atoms with Crippen molar-refractivity contribution >= 4 is 22.9 Å². The van der Waals surface area contributed by atoms with Gasteiger partial charge in [-0.1, -0.05) is 60.7 Å². The van der Waals surface area contributed by atoms with Crippen molar-refractivity contribution in [3.63, 3.8) is 0 Å².